The molecule has 0 bridgehead atoms. The van der Waals surface area contributed by atoms with Crippen LogP contribution >= 0.6 is 0 Å². The van der Waals surface area contributed by atoms with E-state index in [1.54, 1.807) is 6.08 Å². The number of carbonyl (C=O) groups is 1. The fourth-order valence-corrected chi connectivity index (χ4v) is 2.70. The first-order chi connectivity index (χ1) is 14.2. The summed E-state index contributed by atoms with van der Waals surface area (Å²) >= 11 is 0. The Morgan fingerprint density at radius 2 is 1.72 bits per heavy atom. The molecule has 0 spiro atoms. The largest absolute Gasteiger partial charge is 0.491 e. The van der Waals surface area contributed by atoms with Crippen molar-refractivity contribution in [2.75, 3.05) is 11.9 Å². The van der Waals surface area contributed by atoms with Crippen LogP contribution in [0.4, 0.5) is 5.69 Å². The third-order valence-corrected chi connectivity index (χ3v) is 4.14. The summed E-state index contributed by atoms with van der Waals surface area (Å²) in [6, 6.07) is 25.1. The number of carbonyl (C=O) groups excluding carboxylic acids is 1. The van der Waals surface area contributed by atoms with Gasteiger partial charge in [-0.25, -0.2) is 0 Å². The zero-order valence-electron chi connectivity index (χ0n) is 16.5. The third-order valence-electron chi connectivity index (χ3n) is 4.14. The molecular formula is C25H25NO3. The molecule has 29 heavy (non-hydrogen) atoms. The van der Waals surface area contributed by atoms with Gasteiger partial charge in [0.2, 0.25) is 5.91 Å². The molecule has 0 heterocycles. The summed E-state index contributed by atoms with van der Waals surface area (Å²) in [5, 5.41) is 2.87. The van der Waals surface area contributed by atoms with E-state index in [4.69, 9.17) is 9.47 Å². The van der Waals surface area contributed by atoms with Gasteiger partial charge in [-0.2, -0.15) is 0 Å². The van der Waals surface area contributed by atoms with Gasteiger partial charge in [-0.15, -0.1) is 0 Å². The minimum atomic E-state index is -0.215. The second-order valence-corrected chi connectivity index (χ2v) is 6.51. The number of hydrogen-bond donors (Lipinski definition) is 1. The molecule has 0 radical (unpaired) electrons. The molecule has 3 aromatic carbocycles. The Hall–Kier alpha value is -3.53. The van der Waals surface area contributed by atoms with Crippen molar-refractivity contribution in [3.8, 4) is 11.5 Å². The Balaban J connectivity index is 1.59. The van der Waals surface area contributed by atoms with Gasteiger partial charge in [0.05, 0.1) is 12.3 Å². The van der Waals surface area contributed by atoms with E-state index >= 15 is 0 Å². The van der Waals surface area contributed by atoms with Crippen molar-refractivity contribution in [3.63, 3.8) is 0 Å². The normalized spacial score (nSPS) is 10.7. The lowest BCUT2D eigenvalue weighted by molar-refractivity contribution is -0.111. The van der Waals surface area contributed by atoms with Crippen LogP contribution in [-0.2, 0) is 11.4 Å². The number of anilines is 1. The molecule has 0 unspecified atom stereocenters. The van der Waals surface area contributed by atoms with Crippen LogP contribution in [0.25, 0.3) is 6.08 Å². The Bertz CT molecular complexity index is 951. The van der Waals surface area contributed by atoms with Crippen molar-refractivity contribution in [3.05, 3.63) is 96.1 Å². The average Bonchev–Trinajstić information content (AvgIpc) is 2.77. The fourth-order valence-electron chi connectivity index (χ4n) is 2.70. The van der Waals surface area contributed by atoms with E-state index in [0.29, 0.717) is 24.7 Å². The highest BCUT2D eigenvalue weighted by Crippen LogP contribution is 2.24. The smallest absolute Gasteiger partial charge is 0.248 e. The molecule has 1 N–H and O–H groups in total. The van der Waals surface area contributed by atoms with E-state index in [-0.39, 0.29) is 5.91 Å². The molecule has 0 aliphatic carbocycles. The quantitative estimate of drug-likeness (QED) is 0.479. The average molecular weight is 387 g/mol. The van der Waals surface area contributed by atoms with Gasteiger partial charge in [-0.3, -0.25) is 4.79 Å². The molecule has 0 fully saturated rings. The molecular weight excluding hydrogens is 362 g/mol. The third kappa shape index (κ3) is 6.54. The number of nitrogens with one attached hydrogen (secondary N) is 1. The minimum Gasteiger partial charge on any atom is -0.491 e. The highest BCUT2D eigenvalue weighted by Gasteiger charge is 2.05. The van der Waals surface area contributed by atoms with Crippen molar-refractivity contribution in [2.24, 2.45) is 0 Å². The van der Waals surface area contributed by atoms with E-state index in [1.165, 1.54) is 6.08 Å². The maximum absolute atomic E-state index is 12.3. The Morgan fingerprint density at radius 3 is 2.55 bits per heavy atom. The van der Waals surface area contributed by atoms with Crippen LogP contribution in [0.2, 0.25) is 0 Å². The van der Waals surface area contributed by atoms with Gasteiger partial charge < -0.3 is 14.8 Å². The van der Waals surface area contributed by atoms with Crippen LogP contribution in [0.1, 0.15) is 24.5 Å². The first-order valence-corrected chi connectivity index (χ1v) is 9.72. The van der Waals surface area contributed by atoms with Gasteiger partial charge in [0, 0.05) is 6.08 Å². The molecule has 1 amide bonds. The van der Waals surface area contributed by atoms with Crippen LogP contribution in [0.3, 0.4) is 0 Å². The number of ether oxygens (including phenoxy) is 2. The summed E-state index contributed by atoms with van der Waals surface area (Å²) in [5.41, 5.74) is 2.66. The van der Waals surface area contributed by atoms with E-state index in [2.05, 4.69) is 5.32 Å². The predicted octanol–water partition coefficient (Wildman–Crippen LogP) is 5.71. The van der Waals surface area contributed by atoms with Crippen molar-refractivity contribution >= 4 is 17.7 Å². The Kier molecular flexibility index (Phi) is 7.47. The van der Waals surface area contributed by atoms with Crippen molar-refractivity contribution in [1.29, 1.82) is 0 Å². The number of rotatable bonds is 9. The molecule has 4 heteroatoms. The number of benzene rings is 3. The van der Waals surface area contributed by atoms with Gasteiger partial charge in [0.1, 0.15) is 18.1 Å². The summed E-state index contributed by atoms with van der Waals surface area (Å²) in [5.74, 6) is 1.22. The van der Waals surface area contributed by atoms with Crippen LogP contribution in [0.15, 0.2) is 84.9 Å². The first-order valence-electron chi connectivity index (χ1n) is 9.72. The van der Waals surface area contributed by atoms with Gasteiger partial charge >= 0.3 is 0 Å². The lowest BCUT2D eigenvalue weighted by Crippen LogP contribution is -2.09. The van der Waals surface area contributed by atoms with E-state index in [0.717, 1.165) is 23.3 Å². The molecule has 0 saturated heterocycles. The summed E-state index contributed by atoms with van der Waals surface area (Å²) in [4.78, 5) is 12.3. The SMILES string of the molecule is CCCOc1ccccc1NC(=O)/C=C/c1cccc(OCc2ccccc2)c1. The summed E-state index contributed by atoms with van der Waals surface area (Å²) in [7, 11) is 0. The lowest BCUT2D eigenvalue weighted by Gasteiger charge is -2.10. The zero-order chi connectivity index (χ0) is 20.3. The van der Waals surface area contributed by atoms with E-state index < -0.39 is 0 Å². The predicted molar refractivity (Wildman–Crippen MR) is 117 cm³/mol. The number of amides is 1. The van der Waals surface area contributed by atoms with Crippen LogP contribution in [-0.4, -0.2) is 12.5 Å². The fraction of sp³-hybridized carbons (Fsp3) is 0.160. The second kappa shape index (κ2) is 10.7. The standard InChI is InChI=1S/C25H25NO3/c1-2-17-28-24-14-7-6-13-23(24)26-25(27)16-15-20-11-8-12-22(18-20)29-19-21-9-4-3-5-10-21/h3-16,18H,2,17,19H2,1H3,(H,26,27)/b16-15+. The van der Waals surface area contributed by atoms with Crippen LogP contribution in [0, 0.1) is 0 Å². The molecule has 0 aliphatic rings. The molecule has 0 aromatic heterocycles. The molecule has 3 aromatic rings. The van der Waals surface area contributed by atoms with Gasteiger partial charge in [-0.1, -0.05) is 61.5 Å². The van der Waals surface area contributed by atoms with Gasteiger partial charge in [0.25, 0.3) is 0 Å². The molecule has 0 aliphatic heterocycles. The lowest BCUT2D eigenvalue weighted by atomic mass is 10.2. The first kappa shape index (κ1) is 20.2. The van der Waals surface area contributed by atoms with Crippen molar-refractivity contribution in [1.82, 2.24) is 0 Å². The van der Waals surface area contributed by atoms with Crippen LogP contribution < -0.4 is 14.8 Å². The summed E-state index contributed by atoms with van der Waals surface area (Å²) in [6.45, 7) is 3.16. The zero-order valence-corrected chi connectivity index (χ0v) is 16.5. The molecule has 4 nitrogen and oxygen atoms in total. The summed E-state index contributed by atoms with van der Waals surface area (Å²) in [6.07, 6.45) is 4.18. The van der Waals surface area contributed by atoms with E-state index in [9.17, 15) is 4.79 Å². The number of para-hydroxylation sites is 2. The topological polar surface area (TPSA) is 47.6 Å². The minimum absolute atomic E-state index is 0.215. The molecule has 148 valence electrons. The van der Waals surface area contributed by atoms with Gasteiger partial charge in [0.15, 0.2) is 0 Å². The second-order valence-electron chi connectivity index (χ2n) is 6.51. The maximum Gasteiger partial charge on any atom is 0.248 e. The van der Waals surface area contributed by atoms with E-state index in [1.807, 2.05) is 85.8 Å². The monoisotopic (exact) mass is 387 g/mol. The Morgan fingerprint density at radius 1 is 0.931 bits per heavy atom. The molecule has 0 atom stereocenters. The summed E-state index contributed by atoms with van der Waals surface area (Å²) < 4.78 is 11.5. The number of hydrogen-bond acceptors (Lipinski definition) is 3. The Labute approximate surface area is 171 Å². The van der Waals surface area contributed by atoms with Gasteiger partial charge in [-0.05, 0) is 47.9 Å². The van der Waals surface area contributed by atoms with Crippen molar-refractivity contribution in [2.45, 2.75) is 20.0 Å². The molecule has 3 rings (SSSR count). The van der Waals surface area contributed by atoms with Crippen molar-refractivity contribution < 1.29 is 14.3 Å². The van der Waals surface area contributed by atoms with Crippen LogP contribution in [0.5, 0.6) is 11.5 Å². The highest BCUT2D eigenvalue weighted by atomic mass is 16.5. The maximum atomic E-state index is 12.3. The highest BCUT2D eigenvalue weighted by molar-refractivity contribution is 6.02. The molecule has 0 saturated carbocycles.